The Morgan fingerprint density at radius 2 is 2.11 bits per heavy atom. The van der Waals surface area contributed by atoms with Crippen molar-refractivity contribution in [3.05, 3.63) is 41.8 Å². The molecule has 0 amide bonds. The molecule has 1 unspecified atom stereocenters. The maximum atomic E-state index is 5.82. The third-order valence-electron chi connectivity index (χ3n) is 3.54. The van der Waals surface area contributed by atoms with Gasteiger partial charge in [0.25, 0.3) is 0 Å². The Morgan fingerprint density at radius 3 is 2.83 bits per heavy atom. The molecule has 0 saturated carbocycles. The molecule has 94 valence electrons. The molecular formula is C15H18N2O. The number of nitrogens with one attached hydrogen (secondary N) is 1. The van der Waals surface area contributed by atoms with E-state index in [2.05, 4.69) is 5.32 Å². The Hall–Kier alpha value is -1.61. The largest absolute Gasteiger partial charge is 0.441 e. The molecule has 3 heteroatoms. The number of benzene rings is 1. The van der Waals surface area contributed by atoms with E-state index < -0.39 is 0 Å². The molecule has 0 aliphatic carbocycles. The highest BCUT2D eigenvalue weighted by Gasteiger charge is 2.22. The number of aromatic nitrogens is 1. The lowest BCUT2D eigenvalue weighted by Crippen LogP contribution is -2.28. The van der Waals surface area contributed by atoms with Gasteiger partial charge in [-0.15, -0.1) is 0 Å². The summed E-state index contributed by atoms with van der Waals surface area (Å²) in [7, 11) is 0. The molecule has 3 rings (SSSR count). The van der Waals surface area contributed by atoms with Crippen LogP contribution < -0.4 is 5.32 Å². The normalized spacial score (nSPS) is 19.9. The number of nitrogens with zero attached hydrogens (tertiary/aromatic N) is 1. The number of piperidine rings is 1. The van der Waals surface area contributed by atoms with Gasteiger partial charge < -0.3 is 9.73 Å². The van der Waals surface area contributed by atoms with Gasteiger partial charge in [0.15, 0.2) is 0 Å². The molecule has 1 aliphatic rings. The number of rotatable bonds is 2. The van der Waals surface area contributed by atoms with Crippen LogP contribution in [-0.4, -0.2) is 18.1 Å². The first-order valence-electron chi connectivity index (χ1n) is 6.58. The molecule has 0 spiro atoms. The van der Waals surface area contributed by atoms with Crippen LogP contribution >= 0.6 is 0 Å². The van der Waals surface area contributed by atoms with Crippen LogP contribution in [0.2, 0.25) is 0 Å². The summed E-state index contributed by atoms with van der Waals surface area (Å²) >= 11 is 0. The molecular weight excluding hydrogens is 224 g/mol. The molecule has 1 aromatic carbocycles. The van der Waals surface area contributed by atoms with Gasteiger partial charge in [-0.3, -0.25) is 0 Å². The molecule has 1 atom stereocenters. The lowest BCUT2D eigenvalue weighted by atomic mass is 9.95. The highest BCUT2D eigenvalue weighted by atomic mass is 16.4. The van der Waals surface area contributed by atoms with Crippen molar-refractivity contribution in [2.45, 2.75) is 25.7 Å². The Bertz CT molecular complexity index is 513. The van der Waals surface area contributed by atoms with Crippen LogP contribution in [0.1, 0.15) is 30.2 Å². The average molecular weight is 242 g/mol. The zero-order valence-electron chi connectivity index (χ0n) is 10.6. The maximum Gasteiger partial charge on any atom is 0.226 e. The van der Waals surface area contributed by atoms with Gasteiger partial charge in [0.2, 0.25) is 5.89 Å². The first-order chi connectivity index (χ1) is 8.84. The lowest BCUT2D eigenvalue weighted by molar-refractivity contribution is 0.448. The van der Waals surface area contributed by atoms with Crippen molar-refractivity contribution in [3.63, 3.8) is 0 Å². The number of hydrogen-bond donors (Lipinski definition) is 1. The van der Waals surface area contributed by atoms with E-state index in [-0.39, 0.29) is 0 Å². The second-order valence-electron chi connectivity index (χ2n) is 4.87. The summed E-state index contributed by atoms with van der Waals surface area (Å²) in [6.45, 7) is 4.16. The van der Waals surface area contributed by atoms with E-state index in [1.165, 1.54) is 12.8 Å². The minimum Gasteiger partial charge on any atom is -0.441 e. The van der Waals surface area contributed by atoms with Crippen LogP contribution in [0.25, 0.3) is 11.5 Å². The highest BCUT2D eigenvalue weighted by Crippen LogP contribution is 2.29. The van der Waals surface area contributed by atoms with E-state index in [1.807, 2.05) is 37.3 Å². The number of hydrogen-bond acceptors (Lipinski definition) is 3. The summed E-state index contributed by atoms with van der Waals surface area (Å²) in [6, 6.07) is 10.1. The van der Waals surface area contributed by atoms with Crippen LogP contribution in [-0.2, 0) is 0 Å². The van der Waals surface area contributed by atoms with Crippen molar-refractivity contribution in [1.82, 2.24) is 10.3 Å². The summed E-state index contributed by atoms with van der Waals surface area (Å²) in [4.78, 5) is 4.70. The van der Waals surface area contributed by atoms with Crippen molar-refractivity contribution in [2.24, 2.45) is 0 Å². The van der Waals surface area contributed by atoms with Gasteiger partial charge in [-0.1, -0.05) is 18.2 Å². The van der Waals surface area contributed by atoms with Crippen LogP contribution in [0.15, 0.2) is 34.7 Å². The summed E-state index contributed by atoms with van der Waals surface area (Å²) in [5.74, 6) is 2.20. The molecule has 0 bridgehead atoms. The second-order valence-corrected chi connectivity index (χ2v) is 4.87. The molecule has 0 radical (unpaired) electrons. The van der Waals surface area contributed by atoms with Crippen molar-refractivity contribution >= 4 is 0 Å². The van der Waals surface area contributed by atoms with Crippen molar-refractivity contribution in [3.8, 4) is 11.5 Å². The summed E-state index contributed by atoms with van der Waals surface area (Å²) in [6.07, 6.45) is 2.42. The molecule has 2 aromatic rings. The van der Waals surface area contributed by atoms with Gasteiger partial charge in [-0.2, -0.15) is 0 Å². The topological polar surface area (TPSA) is 38.1 Å². The van der Waals surface area contributed by atoms with E-state index in [9.17, 15) is 0 Å². The summed E-state index contributed by atoms with van der Waals surface area (Å²) in [5.41, 5.74) is 2.18. The van der Waals surface area contributed by atoms with Gasteiger partial charge in [0.05, 0.1) is 5.69 Å². The number of aryl methyl sites for hydroxylation is 1. The first kappa shape index (κ1) is 11.5. The molecule has 3 nitrogen and oxygen atoms in total. The van der Waals surface area contributed by atoms with Crippen LogP contribution in [0.4, 0.5) is 0 Å². The molecule has 1 fully saturated rings. The van der Waals surface area contributed by atoms with E-state index >= 15 is 0 Å². The van der Waals surface area contributed by atoms with Gasteiger partial charge in [0, 0.05) is 18.0 Å². The monoisotopic (exact) mass is 242 g/mol. The third-order valence-corrected chi connectivity index (χ3v) is 3.54. The molecule has 18 heavy (non-hydrogen) atoms. The molecule has 1 aliphatic heterocycles. The maximum absolute atomic E-state index is 5.82. The minimum absolute atomic E-state index is 0.500. The lowest BCUT2D eigenvalue weighted by Gasteiger charge is -2.21. The molecule has 1 saturated heterocycles. The van der Waals surface area contributed by atoms with E-state index in [1.54, 1.807) is 0 Å². The summed E-state index contributed by atoms with van der Waals surface area (Å²) < 4.78 is 5.82. The molecule has 2 heterocycles. The van der Waals surface area contributed by atoms with Crippen molar-refractivity contribution < 1.29 is 4.42 Å². The van der Waals surface area contributed by atoms with Crippen LogP contribution in [0, 0.1) is 6.92 Å². The SMILES string of the molecule is Cc1oc(-c2ccccc2)nc1C1CCCNC1. The predicted molar refractivity (Wildman–Crippen MR) is 71.5 cm³/mol. The third kappa shape index (κ3) is 2.18. The van der Waals surface area contributed by atoms with Gasteiger partial charge in [-0.25, -0.2) is 4.98 Å². The zero-order valence-corrected chi connectivity index (χ0v) is 10.6. The van der Waals surface area contributed by atoms with Crippen molar-refractivity contribution in [2.75, 3.05) is 13.1 Å². The Kier molecular flexibility index (Phi) is 3.15. The fourth-order valence-electron chi connectivity index (χ4n) is 2.58. The van der Waals surface area contributed by atoms with E-state index in [0.717, 1.165) is 36.0 Å². The van der Waals surface area contributed by atoms with Crippen LogP contribution in [0.3, 0.4) is 0 Å². The van der Waals surface area contributed by atoms with E-state index in [0.29, 0.717) is 5.92 Å². The second kappa shape index (κ2) is 4.94. The highest BCUT2D eigenvalue weighted by molar-refractivity contribution is 5.53. The summed E-state index contributed by atoms with van der Waals surface area (Å²) in [5, 5.41) is 3.43. The molecule has 1 N–H and O–H groups in total. The van der Waals surface area contributed by atoms with Gasteiger partial charge in [-0.05, 0) is 38.4 Å². The smallest absolute Gasteiger partial charge is 0.226 e. The average Bonchev–Trinajstić information content (AvgIpc) is 2.83. The first-order valence-corrected chi connectivity index (χ1v) is 6.58. The number of oxazole rings is 1. The Morgan fingerprint density at radius 1 is 1.28 bits per heavy atom. The standard InChI is InChI=1S/C15H18N2O/c1-11-14(13-8-5-9-16-10-13)17-15(18-11)12-6-3-2-4-7-12/h2-4,6-7,13,16H,5,8-10H2,1H3. The molecule has 1 aromatic heterocycles. The Balaban J connectivity index is 1.91. The van der Waals surface area contributed by atoms with E-state index in [4.69, 9.17) is 9.40 Å². The fraction of sp³-hybridized carbons (Fsp3) is 0.400. The fourth-order valence-corrected chi connectivity index (χ4v) is 2.58. The Labute approximate surface area is 107 Å². The predicted octanol–water partition coefficient (Wildman–Crippen LogP) is 3.12. The zero-order chi connectivity index (χ0) is 12.4. The van der Waals surface area contributed by atoms with Crippen LogP contribution in [0.5, 0.6) is 0 Å². The van der Waals surface area contributed by atoms with Gasteiger partial charge >= 0.3 is 0 Å². The van der Waals surface area contributed by atoms with Crippen molar-refractivity contribution in [1.29, 1.82) is 0 Å². The van der Waals surface area contributed by atoms with Gasteiger partial charge in [0.1, 0.15) is 5.76 Å². The minimum atomic E-state index is 0.500. The quantitative estimate of drug-likeness (QED) is 0.879.